The smallest absolute Gasteiger partial charge is 0.371 e. The minimum absolute atomic E-state index is 0.0433. The van der Waals surface area contributed by atoms with Crippen molar-refractivity contribution in [1.29, 1.82) is 0 Å². The first-order valence-electron chi connectivity index (χ1n) is 5.48. The van der Waals surface area contributed by atoms with E-state index in [1.807, 2.05) is 0 Å². The van der Waals surface area contributed by atoms with E-state index in [0.29, 0.717) is 18.8 Å². The number of rotatable bonds is 4. The molecule has 6 heteroatoms. The van der Waals surface area contributed by atoms with Gasteiger partial charge in [0, 0.05) is 4.47 Å². The summed E-state index contributed by atoms with van der Waals surface area (Å²) >= 11 is 3.01. The van der Waals surface area contributed by atoms with Gasteiger partial charge in [0.25, 0.3) is 0 Å². The van der Waals surface area contributed by atoms with Crippen LogP contribution in [0.4, 0.5) is 13.2 Å². The number of halogens is 4. The minimum Gasteiger partial charge on any atom is -0.371 e. The van der Waals surface area contributed by atoms with E-state index < -0.39 is 17.8 Å². The highest BCUT2D eigenvalue weighted by molar-refractivity contribution is 9.10. The first-order chi connectivity index (χ1) is 8.39. The molecule has 1 aromatic rings. The zero-order valence-corrected chi connectivity index (χ0v) is 11.2. The fourth-order valence-electron chi connectivity index (χ4n) is 1.59. The van der Waals surface area contributed by atoms with Crippen molar-refractivity contribution in [1.82, 2.24) is 0 Å². The van der Waals surface area contributed by atoms with Gasteiger partial charge in [0.15, 0.2) is 0 Å². The van der Waals surface area contributed by atoms with Crippen LogP contribution in [0.25, 0.3) is 0 Å². The Balaban J connectivity index is 2.16. The van der Waals surface area contributed by atoms with Gasteiger partial charge in [-0.25, -0.2) is 0 Å². The van der Waals surface area contributed by atoms with Crippen molar-refractivity contribution < 1.29 is 22.6 Å². The van der Waals surface area contributed by atoms with E-state index in [2.05, 4.69) is 15.9 Å². The maximum absolute atomic E-state index is 12.7. The summed E-state index contributed by atoms with van der Waals surface area (Å²) in [5, 5.41) is 0. The van der Waals surface area contributed by atoms with Gasteiger partial charge in [-0.15, -0.1) is 0 Å². The van der Waals surface area contributed by atoms with Gasteiger partial charge in [-0.05, 0) is 34.5 Å². The molecule has 100 valence electrons. The molecule has 0 aliphatic carbocycles. The Kier molecular flexibility index (Phi) is 3.99. The lowest BCUT2D eigenvalue weighted by molar-refractivity contribution is -0.138. The van der Waals surface area contributed by atoms with Crippen LogP contribution in [0.2, 0.25) is 0 Å². The molecule has 2 rings (SSSR count). The van der Waals surface area contributed by atoms with E-state index in [-0.39, 0.29) is 10.6 Å². The van der Waals surface area contributed by atoms with Gasteiger partial charge in [0.1, 0.15) is 6.10 Å². The van der Waals surface area contributed by atoms with Crippen LogP contribution in [0.15, 0.2) is 22.7 Å². The predicted octanol–water partition coefficient (Wildman–Crippen LogP) is 3.94. The maximum Gasteiger partial charge on any atom is 0.417 e. The standard InChI is InChI=1S/C12H12BrF3O2/c1-7(17-5-8-6-18-8)9-3-2-4-10(11(9)13)12(14,15)16/h2-4,7-8H,5-6H2,1H3/t7?,8-/m0/s1. The molecular formula is C12H12BrF3O2. The molecule has 1 fully saturated rings. The molecule has 0 radical (unpaired) electrons. The van der Waals surface area contributed by atoms with Gasteiger partial charge in [-0.1, -0.05) is 12.1 Å². The summed E-state index contributed by atoms with van der Waals surface area (Å²) < 4.78 is 48.7. The first-order valence-corrected chi connectivity index (χ1v) is 6.27. The fraction of sp³-hybridized carbons (Fsp3) is 0.500. The SMILES string of the molecule is CC(OC[C@H]1CO1)c1cccc(C(F)(F)F)c1Br. The highest BCUT2D eigenvalue weighted by atomic mass is 79.9. The van der Waals surface area contributed by atoms with Crippen LogP contribution in [0.1, 0.15) is 24.2 Å². The second-order valence-corrected chi connectivity index (χ2v) is 4.93. The number of hydrogen-bond donors (Lipinski definition) is 0. The van der Waals surface area contributed by atoms with Crippen LogP contribution in [0.3, 0.4) is 0 Å². The van der Waals surface area contributed by atoms with Crippen molar-refractivity contribution in [2.24, 2.45) is 0 Å². The van der Waals surface area contributed by atoms with Crippen molar-refractivity contribution in [3.8, 4) is 0 Å². The van der Waals surface area contributed by atoms with Crippen molar-refractivity contribution in [3.63, 3.8) is 0 Å². The topological polar surface area (TPSA) is 21.8 Å². The summed E-state index contributed by atoms with van der Waals surface area (Å²) in [7, 11) is 0. The van der Waals surface area contributed by atoms with Gasteiger partial charge in [-0.3, -0.25) is 0 Å². The monoisotopic (exact) mass is 324 g/mol. The summed E-state index contributed by atoms with van der Waals surface area (Å²) in [5.41, 5.74) is -0.191. The highest BCUT2D eigenvalue weighted by Crippen LogP contribution is 2.38. The van der Waals surface area contributed by atoms with Crippen molar-refractivity contribution in [2.45, 2.75) is 25.3 Å². The van der Waals surface area contributed by atoms with Crippen LogP contribution >= 0.6 is 15.9 Å². The second kappa shape index (κ2) is 5.19. The average molecular weight is 325 g/mol. The third-order valence-electron chi connectivity index (χ3n) is 2.71. The Bertz CT molecular complexity index is 430. The van der Waals surface area contributed by atoms with Crippen molar-refractivity contribution in [2.75, 3.05) is 13.2 Å². The lowest BCUT2D eigenvalue weighted by atomic mass is 10.1. The quantitative estimate of drug-likeness (QED) is 0.782. The zero-order chi connectivity index (χ0) is 13.3. The molecule has 1 aromatic carbocycles. The number of epoxide rings is 1. The Hall–Kier alpha value is -0.590. The minimum atomic E-state index is -4.37. The average Bonchev–Trinajstić information content (AvgIpc) is 3.08. The maximum atomic E-state index is 12.7. The molecule has 1 unspecified atom stereocenters. The molecule has 2 nitrogen and oxygen atoms in total. The van der Waals surface area contributed by atoms with E-state index in [1.165, 1.54) is 6.07 Å². The van der Waals surface area contributed by atoms with Crippen LogP contribution < -0.4 is 0 Å². The predicted molar refractivity (Wildman–Crippen MR) is 63.3 cm³/mol. The van der Waals surface area contributed by atoms with E-state index in [0.717, 1.165) is 6.07 Å². The highest BCUT2D eigenvalue weighted by Gasteiger charge is 2.34. The number of ether oxygens (including phenoxy) is 2. The van der Waals surface area contributed by atoms with Crippen molar-refractivity contribution >= 4 is 15.9 Å². The molecule has 1 heterocycles. The molecule has 0 spiro atoms. The van der Waals surface area contributed by atoms with Crippen LogP contribution in [0.5, 0.6) is 0 Å². The molecule has 0 bridgehead atoms. The van der Waals surface area contributed by atoms with Crippen LogP contribution in [0, 0.1) is 0 Å². The lowest BCUT2D eigenvalue weighted by Crippen LogP contribution is -2.11. The Labute approximate surface area is 111 Å². The number of hydrogen-bond acceptors (Lipinski definition) is 2. The zero-order valence-electron chi connectivity index (χ0n) is 9.63. The Morgan fingerprint density at radius 1 is 1.50 bits per heavy atom. The van der Waals surface area contributed by atoms with E-state index in [1.54, 1.807) is 13.0 Å². The molecule has 18 heavy (non-hydrogen) atoms. The van der Waals surface area contributed by atoms with E-state index >= 15 is 0 Å². The molecule has 1 aliphatic rings. The summed E-state index contributed by atoms with van der Waals surface area (Å²) in [6.07, 6.45) is -4.68. The molecule has 0 amide bonds. The van der Waals surface area contributed by atoms with Gasteiger partial charge in [0.2, 0.25) is 0 Å². The largest absolute Gasteiger partial charge is 0.417 e. The van der Waals surface area contributed by atoms with Gasteiger partial charge < -0.3 is 9.47 Å². The molecule has 1 aliphatic heterocycles. The Morgan fingerprint density at radius 3 is 2.72 bits per heavy atom. The summed E-state index contributed by atoms with van der Waals surface area (Å²) in [4.78, 5) is 0. The third-order valence-corrected chi connectivity index (χ3v) is 3.59. The molecule has 0 aromatic heterocycles. The van der Waals surface area contributed by atoms with Crippen molar-refractivity contribution in [3.05, 3.63) is 33.8 Å². The first kappa shape index (κ1) is 13.8. The molecule has 1 saturated heterocycles. The number of alkyl halides is 3. The summed E-state index contributed by atoms with van der Waals surface area (Å²) in [6, 6.07) is 4.05. The molecular weight excluding hydrogens is 313 g/mol. The lowest BCUT2D eigenvalue weighted by Gasteiger charge is -2.17. The third kappa shape index (κ3) is 3.24. The van der Waals surface area contributed by atoms with Gasteiger partial charge in [0.05, 0.1) is 24.9 Å². The number of benzene rings is 1. The molecule has 0 N–H and O–H groups in total. The van der Waals surface area contributed by atoms with Gasteiger partial charge in [-0.2, -0.15) is 13.2 Å². The molecule has 0 saturated carbocycles. The summed E-state index contributed by atoms with van der Waals surface area (Å²) in [6.45, 7) is 2.79. The van der Waals surface area contributed by atoms with Gasteiger partial charge >= 0.3 is 6.18 Å². The molecule has 2 atom stereocenters. The summed E-state index contributed by atoms with van der Waals surface area (Å²) in [5.74, 6) is 0. The van der Waals surface area contributed by atoms with E-state index in [4.69, 9.17) is 9.47 Å². The normalized spacial score (nSPS) is 20.8. The van der Waals surface area contributed by atoms with Crippen LogP contribution in [-0.4, -0.2) is 19.3 Å². The van der Waals surface area contributed by atoms with Crippen LogP contribution in [-0.2, 0) is 15.7 Å². The Morgan fingerprint density at radius 2 is 2.17 bits per heavy atom. The van der Waals surface area contributed by atoms with E-state index in [9.17, 15) is 13.2 Å². The fourth-order valence-corrected chi connectivity index (χ4v) is 2.40. The second-order valence-electron chi connectivity index (χ2n) is 4.14.